The van der Waals surface area contributed by atoms with Gasteiger partial charge in [0.2, 0.25) is 0 Å². The molecule has 2 aromatic rings. The number of rotatable bonds is 5. The monoisotopic (exact) mass is 345 g/mol. The zero-order chi connectivity index (χ0) is 18.6. The van der Waals surface area contributed by atoms with Crippen LogP contribution in [0.25, 0.3) is 0 Å². The van der Waals surface area contributed by atoms with Crippen LogP contribution < -0.4 is 15.5 Å². The SMILES string of the molecule is CC(C)N(C)c1cccc(NC(=O)NCc2nnn(C(C)(C)C)n2)c1. The average molecular weight is 345 g/mol. The number of hydrogen-bond acceptors (Lipinski definition) is 5. The van der Waals surface area contributed by atoms with Gasteiger partial charge < -0.3 is 15.5 Å². The molecule has 0 radical (unpaired) electrons. The molecule has 2 amide bonds. The van der Waals surface area contributed by atoms with E-state index in [9.17, 15) is 4.79 Å². The van der Waals surface area contributed by atoms with Gasteiger partial charge in [-0.3, -0.25) is 0 Å². The molecule has 1 heterocycles. The smallest absolute Gasteiger partial charge is 0.319 e. The fourth-order valence-electron chi connectivity index (χ4n) is 2.03. The van der Waals surface area contributed by atoms with Gasteiger partial charge in [-0.15, -0.1) is 10.2 Å². The van der Waals surface area contributed by atoms with Gasteiger partial charge in [-0.05, 0) is 58.0 Å². The number of anilines is 2. The number of urea groups is 1. The lowest BCUT2D eigenvalue weighted by Gasteiger charge is -2.24. The van der Waals surface area contributed by atoms with Crippen molar-refractivity contribution in [1.29, 1.82) is 0 Å². The quantitative estimate of drug-likeness (QED) is 0.869. The minimum atomic E-state index is -0.309. The molecule has 0 saturated carbocycles. The van der Waals surface area contributed by atoms with E-state index in [0.717, 1.165) is 11.4 Å². The van der Waals surface area contributed by atoms with Gasteiger partial charge >= 0.3 is 6.03 Å². The van der Waals surface area contributed by atoms with Gasteiger partial charge in [0.15, 0.2) is 5.82 Å². The molecule has 0 unspecified atom stereocenters. The van der Waals surface area contributed by atoms with Crippen LogP contribution in [-0.4, -0.2) is 39.3 Å². The number of aromatic nitrogens is 4. The second kappa shape index (κ2) is 7.50. The third-order valence-electron chi connectivity index (χ3n) is 3.75. The van der Waals surface area contributed by atoms with Crippen LogP contribution in [0.2, 0.25) is 0 Å². The number of benzene rings is 1. The maximum atomic E-state index is 12.1. The maximum Gasteiger partial charge on any atom is 0.319 e. The van der Waals surface area contributed by atoms with E-state index in [1.807, 2.05) is 52.1 Å². The molecule has 8 nitrogen and oxygen atoms in total. The lowest BCUT2D eigenvalue weighted by atomic mass is 10.1. The van der Waals surface area contributed by atoms with Gasteiger partial charge in [-0.2, -0.15) is 4.80 Å². The minimum Gasteiger partial charge on any atom is -0.372 e. The highest BCUT2D eigenvalue weighted by molar-refractivity contribution is 5.89. The van der Waals surface area contributed by atoms with Gasteiger partial charge in [0.05, 0.1) is 12.1 Å². The number of amides is 2. The van der Waals surface area contributed by atoms with Crippen molar-refractivity contribution in [2.45, 2.75) is 52.7 Å². The van der Waals surface area contributed by atoms with E-state index in [1.54, 1.807) is 0 Å². The number of carbonyl (C=O) groups is 1. The van der Waals surface area contributed by atoms with Crippen LogP contribution in [0.4, 0.5) is 16.2 Å². The van der Waals surface area contributed by atoms with E-state index in [1.165, 1.54) is 4.80 Å². The molecule has 0 aliphatic rings. The summed E-state index contributed by atoms with van der Waals surface area (Å²) in [5.74, 6) is 0.471. The number of hydrogen-bond donors (Lipinski definition) is 2. The van der Waals surface area contributed by atoms with E-state index in [0.29, 0.717) is 11.9 Å². The average Bonchev–Trinajstić information content (AvgIpc) is 3.01. The Kier molecular flexibility index (Phi) is 5.61. The molecular formula is C17H27N7O. The van der Waals surface area contributed by atoms with Crippen molar-refractivity contribution in [1.82, 2.24) is 25.5 Å². The lowest BCUT2D eigenvalue weighted by Crippen LogP contribution is -2.29. The van der Waals surface area contributed by atoms with Crippen molar-refractivity contribution in [3.8, 4) is 0 Å². The van der Waals surface area contributed by atoms with Crippen LogP contribution in [0.3, 0.4) is 0 Å². The van der Waals surface area contributed by atoms with E-state index in [-0.39, 0.29) is 18.1 Å². The third-order valence-corrected chi connectivity index (χ3v) is 3.75. The highest BCUT2D eigenvalue weighted by atomic mass is 16.2. The predicted molar refractivity (Wildman–Crippen MR) is 98.7 cm³/mol. The number of tetrazole rings is 1. The zero-order valence-electron chi connectivity index (χ0n) is 15.7. The van der Waals surface area contributed by atoms with Crippen LogP contribution >= 0.6 is 0 Å². The van der Waals surface area contributed by atoms with Gasteiger partial charge in [0, 0.05) is 24.5 Å². The van der Waals surface area contributed by atoms with E-state index < -0.39 is 0 Å². The summed E-state index contributed by atoms with van der Waals surface area (Å²) in [7, 11) is 2.02. The van der Waals surface area contributed by atoms with E-state index in [4.69, 9.17) is 0 Å². The summed E-state index contributed by atoms with van der Waals surface area (Å²) in [6, 6.07) is 7.79. The Hall–Kier alpha value is -2.64. The first kappa shape index (κ1) is 18.7. The summed E-state index contributed by atoms with van der Waals surface area (Å²) < 4.78 is 0. The minimum absolute atomic E-state index is 0.216. The van der Waals surface area contributed by atoms with Crippen LogP contribution in [0, 0.1) is 0 Å². The van der Waals surface area contributed by atoms with Gasteiger partial charge in [-0.25, -0.2) is 4.79 Å². The highest BCUT2D eigenvalue weighted by Crippen LogP contribution is 2.20. The van der Waals surface area contributed by atoms with Gasteiger partial charge in [0.1, 0.15) is 0 Å². The Labute approximate surface area is 148 Å². The van der Waals surface area contributed by atoms with Crippen molar-refractivity contribution < 1.29 is 4.79 Å². The first-order valence-electron chi connectivity index (χ1n) is 8.34. The third kappa shape index (κ3) is 5.17. The standard InChI is InChI=1S/C17H27N7O/c1-12(2)23(6)14-9-7-8-13(10-14)19-16(25)18-11-15-20-22-24(21-15)17(3,4)5/h7-10,12H,11H2,1-6H3,(H2,18,19,25). The van der Waals surface area contributed by atoms with E-state index >= 15 is 0 Å². The molecule has 25 heavy (non-hydrogen) atoms. The fraction of sp³-hybridized carbons (Fsp3) is 0.529. The molecule has 0 aliphatic carbocycles. The molecule has 8 heteroatoms. The summed E-state index contributed by atoms with van der Waals surface area (Å²) in [6.07, 6.45) is 0. The summed E-state index contributed by atoms with van der Waals surface area (Å²) in [5, 5.41) is 17.8. The molecule has 0 saturated heterocycles. The topological polar surface area (TPSA) is 88.0 Å². The second-order valence-corrected chi connectivity index (χ2v) is 7.23. The number of nitrogens with one attached hydrogen (secondary N) is 2. The van der Waals surface area contributed by atoms with Gasteiger partial charge in [0.25, 0.3) is 0 Å². The maximum absolute atomic E-state index is 12.1. The highest BCUT2D eigenvalue weighted by Gasteiger charge is 2.17. The number of nitrogens with zero attached hydrogens (tertiary/aromatic N) is 5. The molecule has 0 atom stereocenters. The summed E-state index contributed by atoms with van der Waals surface area (Å²) in [6.45, 7) is 10.4. The normalized spacial score (nSPS) is 11.5. The predicted octanol–water partition coefficient (Wildman–Crippen LogP) is 2.59. The molecular weight excluding hydrogens is 318 g/mol. The van der Waals surface area contributed by atoms with Crippen LogP contribution in [-0.2, 0) is 12.1 Å². The van der Waals surface area contributed by atoms with Crippen molar-refractivity contribution in [2.75, 3.05) is 17.3 Å². The van der Waals surface area contributed by atoms with Crippen molar-refractivity contribution in [3.05, 3.63) is 30.1 Å². The molecule has 1 aromatic heterocycles. The first-order valence-corrected chi connectivity index (χ1v) is 8.34. The van der Waals surface area contributed by atoms with Crippen LogP contribution in [0.15, 0.2) is 24.3 Å². The Morgan fingerprint density at radius 3 is 2.64 bits per heavy atom. The molecule has 2 N–H and O–H groups in total. The molecule has 2 rings (SSSR count). The summed E-state index contributed by atoms with van der Waals surface area (Å²) in [4.78, 5) is 15.8. The second-order valence-electron chi connectivity index (χ2n) is 7.23. The Morgan fingerprint density at radius 1 is 1.32 bits per heavy atom. The van der Waals surface area contributed by atoms with Crippen molar-refractivity contribution in [3.63, 3.8) is 0 Å². The molecule has 136 valence electrons. The molecule has 0 bridgehead atoms. The lowest BCUT2D eigenvalue weighted by molar-refractivity contribution is 0.251. The van der Waals surface area contributed by atoms with Crippen molar-refractivity contribution in [2.24, 2.45) is 0 Å². The fourth-order valence-corrected chi connectivity index (χ4v) is 2.03. The zero-order valence-corrected chi connectivity index (χ0v) is 15.7. The Morgan fingerprint density at radius 2 is 2.04 bits per heavy atom. The molecule has 0 aliphatic heterocycles. The molecule has 0 spiro atoms. The molecule has 1 aromatic carbocycles. The first-order chi connectivity index (χ1) is 11.7. The molecule has 0 fully saturated rings. The van der Waals surface area contributed by atoms with Crippen molar-refractivity contribution >= 4 is 17.4 Å². The summed E-state index contributed by atoms with van der Waals surface area (Å²) >= 11 is 0. The van der Waals surface area contributed by atoms with E-state index in [2.05, 4.69) is 44.8 Å². The number of carbonyl (C=O) groups excluding carboxylic acids is 1. The summed E-state index contributed by atoms with van der Waals surface area (Å²) in [5.41, 5.74) is 1.53. The Balaban J connectivity index is 1.92. The Bertz CT molecular complexity index is 718. The van der Waals surface area contributed by atoms with Crippen LogP contribution in [0.5, 0.6) is 0 Å². The largest absolute Gasteiger partial charge is 0.372 e. The van der Waals surface area contributed by atoms with Gasteiger partial charge in [-0.1, -0.05) is 6.07 Å². The van der Waals surface area contributed by atoms with Crippen LogP contribution in [0.1, 0.15) is 40.4 Å².